The van der Waals surface area contributed by atoms with Crippen LogP contribution in [0.5, 0.6) is 0 Å². The molecule has 0 rings (SSSR count). The molecular weight excluding hydrogens is 270 g/mol. The van der Waals surface area contributed by atoms with Crippen LogP contribution in [0.1, 0.15) is 12.8 Å². The molecule has 20 heavy (non-hydrogen) atoms. The Labute approximate surface area is 114 Å². The highest BCUT2D eigenvalue weighted by Crippen LogP contribution is 2.12. The molecule has 3 unspecified atom stereocenters. The first-order valence-electron chi connectivity index (χ1n) is 5.74. The van der Waals surface area contributed by atoms with Gasteiger partial charge < -0.3 is 32.7 Å². The number of carboxylic acids is 2. The van der Waals surface area contributed by atoms with Gasteiger partial charge in [-0.3, -0.25) is 19.8 Å². The largest absolute Gasteiger partial charge is 0.481 e. The summed E-state index contributed by atoms with van der Waals surface area (Å²) in [5, 5.41) is 26.8. The van der Waals surface area contributed by atoms with Crippen LogP contribution in [0.2, 0.25) is 0 Å². The molecule has 0 fully saturated rings. The van der Waals surface area contributed by atoms with E-state index < -0.39 is 42.1 Å². The zero-order valence-corrected chi connectivity index (χ0v) is 10.7. The minimum atomic E-state index is -1.50. The van der Waals surface area contributed by atoms with Gasteiger partial charge in [-0.2, -0.15) is 0 Å². The minimum absolute atomic E-state index is 0.0286. The number of nitrogens with two attached hydrogens (primary N) is 3. The first-order valence-corrected chi connectivity index (χ1v) is 5.74. The van der Waals surface area contributed by atoms with Crippen molar-refractivity contribution in [2.75, 3.05) is 6.54 Å². The summed E-state index contributed by atoms with van der Waals surface area (Å²) in [7, 11) is 0. The van der Waals surface area contributed by atoms with Gasteiger partial charge in [0.15, 0.2) is 11.7 Å². The summed E-state index contributed by atoms with van der Waals surface area (Å²) in [6.45, 7) is 0.0481. The number of hydrogen-bond donors (Lipinski definition) is 7. The molecule has 0 aliphatic carbocycles. The molecule has 3 atom stereocenters. The first-order chi connectivity index (χ1) is 9.16. The van der Waals surface area contributed by atoms with Crippen molar-refractivity contribution in [2.24, 2.45) is 23.1 Å². The number of carbonyl (C=O) groups is 3. The number of hydrogen-bond acceptors (Lipinski definition) is 6. The predicted octanol–water partition coefficient (Wildman–Crippen LogP) is -2.74. The van der Waals surface area contributed by atoms with Crippen molar-refractivity contribution in [1.29, 1.82) is 5.41 Å². The molecule has 0 radical (unpaired) electrons. The van der Waals surface area contributed by atoms with Crippen LogP contribution in [0.25, 0.3) is 0 Å². The highest BCUT2D eigenvalue weighted by molar-refractivity contribution is 5.93. The van der Waals surface area contributed by atoms with Gasteiger partial charge in [0.2, 0.25) is 0 Å². The number of aliphatic carboxylic acids is 2. The summed E-state index contributed by atoms with van der Waals surface area (Å²) in [5.74, 6) is -4.90. The number of carboxylic acid groups (broad SMARTS) is 2. The average molecular weight is 289 g/mol. The number of guanidine groups is 1. The molecule has 0 aromatic carbocycles. The van der Waals surface area contributed by atoms with Gasteiger partial charge in [-0.25, -0.2) is 0 Å². The molecule has 10 N–H and O–H groups in total. The number of carbonyl (C=O) groups excluding carboxylic acids is 1. The topological polar surface area (TPSA) is 206 Å². The van der Waals surface area contributed by atoms with Gasteiger partial charge in [-0.05, 0) is 6.42 Å². The van der Waals surface area contributed by atoms with Crippen molar-refractivity contribution in [2.45, 2.75) is 24.9 Å². The van der Waals surface area contributed by atoms with Crippen molar-refractivity contribution < 1.29 is 24.6 Å². The van der Waals surface area contributed by atoms with Crippen LogP contribution in [-0.4, -0.2) is 52.5 Å². The lowest BCUT2D eigenvalue weighted by Gasteiger charge is -2.22. The predicted molar refractivity (Wildman–Crippen MR) is 68.9 cm³/mol. The third-order valence-electron chi connectivity index (χ3n) is 2.61. The van der Waals surface area contributed by atoms with E-state index >= 15 is 0 Å². The second-order valence-corrected chi connectivity index (χ2v) is 4.21. The Morgan fingerprint density at radius 2 is 1.75 bits per heavy atom. The second kappa shape index (κ2) is 8.07. The van der Waals surface area contributed by atoms with Gasteiger partial charge in [0.05, 0.1) is 12.5 Å². The Balaban J connectivity index is 4.82. The Morgan fingerprint density at radius 3 is 2.15 bits per heavy atom. The molecule has 0 aliphatic rings. The molecule has 0 spiro atoms. The molecule has 0 bridgehead atoms. The summed E-state index contributed by atoms with van der Waals surface area (Å²) in [6.07, 6.45) is -0.638. The van der Waals surface area contributed by atoms with E-state index in [9.17, 15) is 14.4 Å². The minimum Gasteiger partial charge on any atom is -0.481 e. The van der Waals surface area contributed by atoms with Crippen molar-refractivity contribution in [3.8, 4) is 0 Å². The van der Waals surface area contributed by atoms with Gasteiger partial charge in [0.25, 0.3) is 0 Å². The average Bonchev–Trinajstić information content (AvgIpc) is 2.31. The van der Waals surface area contributed by atoms with Crippen LogP contribution in [0, 0.1) is 11.3 Å². The van der Waals surface area contributed by atoms with Crippen LogP contribution >= 0.6 is 0 Å². The standard InChI is InChI=1S/C10H19N5O5/c11-5(3-6(16)17)8(18)4(7(12)9(19)20)1-2-15-10(13)14/h4-5,7H,1-3,11-12H2,(H,16,17)(H,19,20)(H4,13,14,15). The number of nitrogens with one attached hydrogen (secondary N) is 2. The zero-order valence-electron chi connectivity index (χ0n) is 10.7. The maximum atomic E-state index is 12.0. The molecule has 0 saturated carbocycles. The van der Waals surface area contributed by atoms with Crippen LogP contribution in [0.4, 0.5) is 0 Å². The van der Waals surface area contributed by atoms with Gasteiger partial charge in [0.1, 0.15) is 6.04 Å². The summed E-state index contributed by atoms with van der Waals surface area (Å²) in [6, 6.07) is -2.84. The fourth-order valence-corrected chi connectivity index (χ4v) is 1.60. The Hall–Kier alpha value is -2.20. The van der Waals surface area contributed by atoms with Crippen molar-refractivity contribution >= 4 is 23.7 Å². The van der Waals surface area contributed by atoms with Crippen molar-refractivity contribution in [3.63, 3.8) is 0 Å². The van der Waals surface area contributed by atoms with E-state index in [2.05, 4.69) is 5.32 Å². The van der Waals surface area contributed by atoms with Crippen molar-refractivity contribution in [3.05, 3.63) is 0 Å². The van der Waals surface area contributed by atoms with Crippen LogP contribution in [0.15, 0.2) is 0 Å². The summed E-state index contributed by atoms with van der Waals surface area (Å²) in [4.78, 5) is 33.3. The number of Topliss-reactive ketones (excluding diaryl/α,β-unsaturated/α-hetero) is 1. The Bertz CT molecular complexity index is 399. The van der Waals surface area contributed by atoms with Crippen LogP contribution < -0.4 is 22.5 Å². The summed E-state index contributed by atoms with van der Waals surface area (Å²) < 4.78 is 0. The third-order valence-corrected chi connectivity index (χ3v) is 2.61. The van der Waals surface area contributed by atoms with E-state index in [4.69, 9.17) is 32.8 Å². The smallest absolute Gasteiger partial charge is 0.321 e. The molecule has 0 aromatic heterocycles. The number of rotatable bonds is 9. The third kappa shape index (κ3) is 6.11. The summed E-state index contributed by atoms with van der Waals surface area (Å²) in [5.41, 5.74) is 15.9. The fourth-order valence-electron chi connectivity index (χ4n) is 1.60. The lowest BCUT2D eigenvalue weighted by atomic mass is 9.87. The van der Waals surface area contributed by atoms with Crippen LogP contribution in [0.3, 0.4) is 0 Å². The van der Waals surface area contributed by atoms with Crippen LogP contribution in [-0.2, 0) is 14.4 Å². The maximum absolute atomic E-state index is 12.0. The van der Waals surface area contributed by atoms with Gasteiger partial charge in [0, 0.05) is 12.5 Å². The highest BCUT2D eigenvalue weighted by Gasteiger charge is 2.33. The molecule has 10 heteroatoms. The molecule has 10 nitrogen and oxygen atoms in total. The maximum Gasteiger partial charge on any atom is 0.321 e. The fraction of sp³-hybridized carbons (Fsp3) is 0.600. The summed E-state index contributed by atoms with van der Waals surface area (Å²) >= 11 is 0. The van der Waals surface area contributed by atoms with E-state index in [0.29, 0.717) is 0 Å². The second-order valence-electron chi connectivity index (χ2n) is 4.21. The van der Waals surface area contributed by atoms with E-state index in [1.165, 1.54) is 0 Å². The van der Waals surface area contributed by atoms with E-state index in [1.807, 2.05) is 0 Å². The number of ketones is 1. The molecule has 0 aliphatic heterocycles. The molecule has 0 heterocycles. The molecule has 114 valence electrons. The monoisotopic (exact) mass is 289 g/mol. The van der Waals surface area contributed by atoms with E-state index in [-0.39, 0.29) is 18.9 Å². The molecule has 0 aromatic rings. The molecule has 0 amide bonds. The van der Waals surface area contributed by atoms with Gasteiger partial charge >= 0.3 is 11.9 Å². The molecular formula is C10H19N5O5. The first kappa shape index (κ1) is 17.8. The van der Waals surface area contributed by atoms with Crippen molar-refractivity contribution in [1.82, 2.24) is 5.32 Å². The quantitative estimate of drug-likeness (QED) is 0.173. The zero-order chi connectivity index (χ0) is 15.9. The highest BCUT2D eigenvalue weighted by atomic mass is 16.4. The lowest BCUT2D eigenvalue weighted by Crippen LogP contribution is -2.49. The Morgan fingerprint density at radius 1 is 1.20 bits per heavy atom. The Kier molecular flexibility index (Phi) is 7.18. The SMILES string of the molecule is N=C(N)NCCC(C(=O)C(N)CC(=O)O)C(N)C(=O)O. The molecule has 0 saturated heterocycles. The lowest BCUT2D eigenvalue weighted by molar-refractivity contribution is -0.143. The van der Waals surface area contributed by atoms with Gasteiger partial charge in [-0.1, -0.05) is 0 Å². The normalized spacial score (nSPS) is 14.9. The van der Waals surface area contributed by atoms with Gasteiger partial charge in [-0.15, -0.1) is 0 Å². The van der Waals surface area contributed by atoms with E-state index in [1.54, 1.807) is 0 Å². The van der Waals surface area contributed by atoms with E-state index in [0.717, 1.165) is 0 Å².